The Morgan fingerprint density at radius 3 is 2.60 bits per heavy atom. The fourth-order valence-corrected chi connectivity index (χ4v) is 2.49. The number of nitrogens with two attached hydrogens (primary N) is 1. The van der Waals surface area contributed by atoms with E-state index in [9.17, 15) is 14.4 Å². The first-order valence-electron chi connectivity index (χ1n) is 8.16. The molecule has 3 amide bonds. The normalized spacial score (nSPS) is 17.1. The SMILES string of the molecule is CC(C)(C)OC(=O)N(Cc1ccc(C(N)=O)nc1)C[C@@H]1CCC(=O)N1. The van der Waals surface area contributed by atoms with Crippen LogP contribution in [0.25, 0.3) is 0 Å². The Hall–Kier alpha value is -2.64. The van der Waals surface area contributed by atoms with E-state index >= 15 is 0 Å². The molecule has 1 aliphatic rings. The second kappa shape index (κ2) is 7.50. The molecule has 0 bridgehead atoms. The minimum Gasteiger partial charge on any atom is -0.444 e. The highest BCUT2D eigenvalue weighted by molar-refractivity contribution is 5.90. The van der Waals surface area contributed by atoms with Crippen molar-refractivity contribution in [1.82, 2.24) is 15.2 Å². The number of amides is 3. The van der Waals surface area contributed by atoms with E-state index in [-0.39, 0.29) is 24.2 Å². The number of nitrogens with one attached hydrogen (secondary N) is 1. The van der Waals surface area contributed by atoms with Crippen molar-refractivity contribution >= 4 is 17.9 Å². The van der Waals surface area contributed by atoms with E-state index in [2.05, 4.69) is 10.3 Å². The highest BCUT2D eigenvalue weighted by atomic mass is 16.6. The lowest BCUT2D eigenvalue weighted by Crippen LogP contribution is -2.43. The molecule has 136 valence electrons. The van der Waals surface area contributed by atoms with Gasteiger partial charge in [-0.15, -0.1) is 0 Å². The zero-order chi connectivity index (χ0) is 18.6. The molecule has 0 radical (unpaired) electrons. The van der Waals surface area contributed by atoms with Gasteiger partial charge in [-0.1, -0.05) is 6.07 Å². The summed E-state index contributed by atoms with van der Waals surface area (Å²) in [6, 6.07) is 3.11. The second-order valence-electron chi connectivity index (χ2n) is 7.08. The highest BCUT2D eigenvalue weighted by Gasteiger charge is 2.28. The molecule has 0 aromatic carbocycles. The maximum atomic E-state index is 12.5. The lowest BCUT2D eigenvalue weighted by atomic mass is 10.2. The summed E-state index contributed by atoms with van der Waals surface area (Å²) in [4.78, 5) is 40.5. The monoisotopic (exact) mass is 348 g/mol. The van der Waals surface area contributed by atoms with Crippen molar-refractivity contribution in [2.45, 2.75) is 51.8 Å². The number of pyridine rings is 1. The number of carbonyl (C=O) groups is 3. The maximum absolute atomic E-state index is 12.5. The van der Waals surface area contributed by atoms with Gasteiger partial charge in [0.25, 0.3) is 5.91 Å². The quantitative estimate of drug-likeness (QED) is 0.829. The first-order chi connectivity index (χ1) is 11.6. The molecule has 2 rings (SSSR count). The molecule has 1 aromatic rings. The van der Waals surface area contributed by atoms with Crippen LogP contribution < -0.4 is 11.1 Å². The lowest BCUT2D eigenvalue weighted by Gasteiger charge is -2.29. The zero-order valence-corrected chi connectivity index (χ0v) is 14.7. The molecule has 1 saturated heterocycles. The number of hydrogen-bond donors (Lipinski definition) is 2. The average molecular weight is 348 g/mol. The Kier molecular flexibility index (Phi) is 5.61. The van der Waals surface area contributed by atoms with Crippen LogP contribution in [0.2, 0.25) is 0 Å². The second-order valence-corrected chi connectivity index (χ2v) is 7.08. The minimum absolute atomic E-state index is 0.0124. The zero-order valence-electron chi connectivity index (χ0n) is 14.7. The summed E-state index contributed by atoms with van der Waals surface area (Å²) in [5.41, 5.74) is 5.45. The lowest BCUT2D eigenvalue weighted by molar-refractivity contribution is -0.119. The van der Waals surface area contributed by atoms with E-state index in [1.54, 1.807) is 26.8 Å². The van der Waals surface area contributed by atoms with Gasteiger partial charge in [-0.2, -0.15) is 0 Å². The van der Waals surface area contributed by atoms with Gasteiger partial charge in [0.05, 0.1) is 6.54 Å². The molecule has 3 N–H and O–H groups in total. The molecule has 8 nitrogen and oxygen atoms in total. The van der Waals surface area contributed by atoms with Gasteiger partial charge in [-0.05, 0) is 38.8 Å². The van der Waals surface area contributed by atoms with E-state index < -0.39 is 17.6 Å². The molecule has 25 heavy (non-hydrogen) atoms. The van der Waals surface area contributed by atoms with Crippen LogP contribution >= 0.6 is 0 Å². The molecule has 0 spiro atoms. The van der Waals surface area contributed by atoms with Crippen molar-refractivity contribution in [1.29, 1.82) is 0 Å². The van der Waals surface area contributed by atoms with E-state index in [1.807, 2.05) is 0 Å². The predicted molar refractivity (Wildman–Crippen MR) is 90.6 cm³/mol. The van der Waals surface area contributed by atoms with Crippen molar-refractivity contribution < 1.29 is 19.1 Å². The third-order valence-electron chi connectivity index (χ3n) is 3.63. The number of ether oxygens (including phenoxy) is 1. The summed E-state index contributed by atoms with van der Waals surface area (Å²) < 4.78 is 5.45. The van der Waals surface area contributed by atoms with Crippen LogP contribution in [0.1, 0.15) is 49.7 Å². The molecule has 0 saturated carbocycles. The molecule has 0 aliphatic carbocycles. The maximum Gasteiger partial charge on any atom is 0.410 e. The third kappa shape index (κ3) is 5.74. The molecule has 0 unspecified atom stereocenters. The van der Waals surface area contributed by atoms with E-state index in [0.29, 0.717) is 19.4 Å². The summed E-state index contributed by atoms with van der Waals surface area (Å²) in [6.07, 6.45) is 2.18. The standard InChI is InChI=1S/C17H24N4O4/c1-17(2,3)25-16(24)21(10-12-5-7-14(22)20-12)9-11-4-6-13(15(18)23)19-8-11/h4,6,8,12H,5,7,9-10H2,1-3H3,(H2,18,23)(H,20,22)/t12-/m0/s1. The topological polar surface area (TPSA) is 115 Å². The van der Waals surface area contributed by atoms with Crippen LogP contribution in [0.5, 0.6) is 0 Å². The number of carbonyl (C=O) groups excluding carboxylic acids is 3. The third-order valence-corrected chi connectivity index (χ3v) is 3.63. The van der Waals surface area contributed by atoms with Crippen molar-refractivity contribution in [3.05, 3.63) is 29.6 Å². The van der Waals surface area contributed by atoms with Crippen LogP contribution in [0.15, 0.2) is 18.3 Å². The predicted octanol–water partition coefficient (Wildman–Crippen LogP) is 1.20. The Morgan fingerprint density at radius 1 is 1.40 bits per heavy atom. The Balaban J connectivity index is 2.10. The van der Waals surface area contributed by atoms with Crippen molar-refractivity contribution in [2.24, 2.45) is 5.73 Å². The molecule has 1 aliphatic heterocycles. The van der Waals surface area contributed by atoms with Crippen molar-refractivity contribution in [3.63, 3.8) is 0 Å². The molecular weight excluding hydrogens is 324 g/mol. The molecular formula is C17H24N4O4. The number of primary amides is 1. The summed E-state index contributed by atoms with van der Waals surface area (Å²) in [5, 5.41) is 2.85. The van der Waals surface area contributed by atoms with Gasteiger partial charge in [-0.25, -0.2) is 4.79 Å². The smallest absolute Gasteiger partial charge is 0.410 e. The van der Waals surface area contributed by atoms with E-state index in [4.69, 9.17) is 10.5 Å². The summed E-state index contributed by atoms with van der Waals surface area (Å²) in [5.74, 6) is -0.620. The van der Waals surface area contributed by atoms with E-state index in [1.165, 1.54) is 17.2 Å². The van der Waals surface area contributed by atoms with Gasteiger partial charge in [0.2, 0.25) is 5.91 Å². The molecule has 8 heteroatoms. The van der Waals surface area contributed by atoms with Gasteiger partial charge in [0, 0.05) is 25.2 Å². The Labute approximate surface area is 146 Å². The number of rotatable bonds is 5. The number of hydrogen-bond acceptors (Lipinski definition) is 5. The molecule has 1 atom stereocenters. The Bertz CT molecular complexity index is 652. The van der Waals surface area contributed by atoms with Gasteiger partial charge in [0.1, 0.15) is 11.3 Å². The van der Waals surface area contributed by atoms with Crippen LogP contribution in [0, 0.1) is 0 Å². The van der Waals surface area contributed by atoms with Crippen molar-refractivity contribution in [3.8, 4) is 0 Å². The fourth-order valence-electron chi connectivity index (χ4n) is 2.49. The number of aromatic nitrogens is 1. The highest BCUT2D eigenvalue weighted by Crippen LogP contribution is 2.16. The molecule has 1 aromatic heterocycles. The Morgan fingerprint density at radius 2 is 2.12 bits per heavy atom. The summed E-state index contributed by atoms with van der Waals surface area (Å²) >= 11 is 0. The molecule has 1 fully saturated rings. The fraction of sp³-hybridized carbons (Fsp3) is 0.529. The van der Waals surface area contributed by atoms with Crippen LogP contribution in [-0.2, 0) is 16.1 Å². The van der Waals surface area contributed by atoms with Gasteiger partial charge >= 0.3 is 6.09 Å². The first-order valence-corrected chi connectivity index (χ1v) is 8.16. The summed E-state index contributed by atoms with van der Waals surface area (Å²) in [6.45, 7) is 5.99. The largest absolute Gasteiger partial charge is 0.444 e. The van der Waals surface area contributed by atoms with E-state index in [0.717, 1.165) is 5.56 Å². The van der Waals surface area contributed by atoms with Gasteiger partial charge in [-0.3, -0.25) is 14.6 Å². The van der Waals surface area contributed by atoms with Crippen LogP contribution in [0.4, 0.5) is 4.79 Å². The van der Waals surface area contributed by atoms with Gasteiger partial charge < -0.3 is 20.7 Å². The van der Waals surface area contributed by atoms with Gasteiger partial charge in [0.15, 0.2) is 0 Å². The van der Waals surface area contributed by atoms with Crippen LogP contribution in [0.3, 0.4) is 0 Å². The summed E-state index contributed by atoms with van der Waals surface area (Å²) in [7, 11) is 0. The van der Waals surface area contributed by atoms with Crippen LogP contribution in [-0.4, -0.2) is 46.0 Å². The first kappa shape index (κ1) is 18.7. The van der Waals surface area contributed by atoms with Crippen molar-refractivity contribution in [2.75, 3.05) is 6.54 Å². The molecule has 2 heterocycles. The minimum atomic E-state index is -0.623. The average Bonchev–Trinajstić information content (AvgIpc) is 2.90. The number of nitrogens with zero attached hydrogens (tertiary/aromatic N) is 2.